The Balaban J connectivity index is 1.73. The van der Waals surface area contributed by atoms with Gasteiger partial charge in [-0.25, -0.2) is 4.98 Å². The molecule has 0 aromatic carbocycles. The zero-order valence-corrected chi connectivity index (χ0v) is 11.7. The third-order valence-corrected chi connectivity index (χ3v) is 4.40. The van der Waals surface area contributed by atoms with Gasteiger partial charge in [0, 0.05) is 31.7 Å². The van der Waals surface area contributed by atoms with Gasteiger partial charge in [0.15, 0.2) is 0 Å². The number of anilines is 1. The highest BCUT2D eigenvalue weighted by Crippen LogP contribution is 2.28. The minimum Gasteiger partial charge on any atom is -0.389 e. The van der Waals surface area contributed by atoms with Gasteiger partial charge in [0.25, 0.3) is 0 Å². The largest absolute Gasteiger partial charge is 0.389 e. The van der Waals surface area contributed by atoms with Crippen LogP contribution in [0, 0.1) is 5.92 Å². The Bertz CT molecular complexity index is 504. The molecule has 108 valence electrons. The highest BCUT2D eigenvalue weighted by molar-refractivity contribution is 5.77. The second kappa shape index (κ2) is 5.40. The van der Waals surface area contributed by atoms with Crippen LogP contribution < -0.4 is 10.2 Å². The second-order valence-corrected chi connectivity index (χ2v) is 5.83. The van der Waals surface area contributed by atoms with Crippen LogP contribution in [0.3, 0.4) is 0 Å². The number of aliphatic hydroxyl groups is 1. The lowest BCUT2D eigenvalue weighted by Gasteiger charge is -2.42. The fourth-order valence-corrected chi connectivity index (χ4v) is 3.19. The molecule has 0 spiro atoms. The topological polar surface area (TPSA) is 65.5 Å². The van der Waals surface area contributed by atoms with E-state index in [1.807, 2.05) is 12.1 Å². The van der Waals surface area contributed by atoms with E-state index in [1.165, 1.54) is 0 Å². The Morgan fingerprint density at radius 3 is 3.15 bits per heavy atom. The minimum atomic E-state index is -0.469. The Labute approximate surface area is 119 Å². The van der Waals surface area contributed by atoms with Crippen molar-refractivity contribution in [3.8, 4) is 0 Å². The number of carbonyl (C=O) groups excluding carboxylic acids is 1. The lowest BCUT2D eigenvalue weighted by atomic mass is 9.85. The van der Waals surface area contributed by atoms with Crippen molar-refractivity contribution in [1.82, 2.24) is 10.3 Å². The summed E-state index contributed by atoms with van der Waals surface area (Å²) >= 11 is 0. The Kier molecular flexibility index (Phi) is 3.61. The van der Waals surface area contributed by atoms with E-state index in [9.17, 15) is 9.90 Å². The molecule has 1 aromatic heterocycles. The molecule has 0 bridgehead atoms. The summed E-state index contributed by atoms with van der Waals surface area (Å²) < 4.78 is 0. The van der Waals surface area contributed by atoms with Crippen LogP contribution in [0.4, 0.5) is 5.82 Å². The number of fused-ring (bicyclic) bond motifs is 1. The highest BCUT2D eigenvalue weighted by atomic mass is 16.3. The number of carbonyl (C=O) groups is 1. The van der Waals surface area contributed by atoms with Gasteiger partial charge in [0.2, 0.25) is 5.91 Å². The van der Waals surface area contributed by atoms with Crippen molar-refractivity contribution in [3.63, 3.8) is 0 Å². The smallest absolute Gasteiger partial charge is 0.220 e. The van der Waals surface area contributed by atoms with Gasteiger partial charge in [0.1, 0.15) is 5.82 Å². The molecule has 2 saturated heterocycles. The van der Waals surface area contributed by atoms with Crippen molar-refractivity contribution in [2.45, 2.75) is 38.3 Å². The van der Waals surface area contributed by atoms with E-state index in [0.717, 1.165) is 37.3 Å². The molecule has 2 N–H and O–H groups in total. The summed E-state index contributed by atoms with van der Waals surface area (Å²) in [5.41, 5.74) is 0.897. The average molecular weight is 275 g/mol. The van der Waals surface area contributed by atoms with E-state index in [2.05, 4.69) is 15.2 Å². The number of hydrogen-bond donors (Lipinski definition) is 2. The Hall–Kier alpha value is -1.62. The maximum atomic E-state index is 11.4. The van der Waals surface area contributed by atoms with Crippen LogP contribution in [0.5, 0.6) is 0 Å². The Morgan fingerprint density at radius 1 is 1.50 bits per heavy atom. The van der Waals surface area contributed by atoms with Gasteiger partial charge >= 0.3 is 0 Å². The minimum absolute atomic E-state index is 0.189. The summed E-state index contributed by atoms with van der Waals surface area (Å²) in [6, 6.07) is 4.14. The molecule has 20 heavy (non-hydrogen) atoms. The number of nitrogens with one attached hydrogen (secondary N) is 1. The number of amides is 1. The summed E-state index contributed by atoms with van der Waals surface area (Å²) in [7, 11) is 0. The van der Waals surface area contributed by atoms with E-state index < -0.39 is 6.10 Å². The zero-order chi connectivity index (χ0) is 14.1. The van der Waals surface area contributed by atoms with Gasteiger partial charge < -0.3 is 15.3 Å². The summed E-state index contributed by atoms with van der Waals surface area (Å²) in [6.45, 7) is 3.60. The molecular weight excluding hydrogens is 254 g/mol. The second-order valence-electron chi connectivity index (χ2n) is 5.83. The highest BCUT2D eigenvalue weighted by Gasteiger charge is 2.34. The average Bonchev–Trinajstić information content (AvgIpc) is 2.47. The number of aliphatic hydroxyl groups excluding tert-OH is 1. The summed E-state index contributed by atoms with van der Waals surface area (Å²) in [4.78, 5) is 18.1. The number of hydrogen-bond acceptors (Lipinski definition) is 4. The van der Waals surface area contributed by atoms with Gasteiger partial charge in [-0.1, -0.05) is 0 Å². The SMILES string of the molecule is C[C@H](O)c1ccnc(N2CCC3NC(=O)CCC3C2)c1. The number of piperidine rings is 2. The first-order chi connectivity index (χ1) is 9.63. The molecule has 1 aromatic rings. The molecule has 0 radical (unpaired) electrons. The van der Waals surface area contributed by atoms with Crippen molar-refractivity contribution in [2.75, 3.05) is 18.0 Å². The number of rotatable bonds is 2. The standard InChI is InChI=1S/C15H21N3O2/c1-10(19)11-4-6-16-14(8-11)18-7-5-13-12(9-18)2-3-15(20)17-13/h4,6,8,10,12-13,19H,2-3,5,7,9H2,1H3,(H,17,20)/t10-,12?,13?/m0/s1. The molecule has 3 heterocycles. The maximum absolute atomic E-state index is 11.4. The van der Waals surface area contributed by atoms with Crippen LogP contribution in [0.25, 0.3) is 0 Å². The van der Waals surface area contributed by atoms with Gasteiger partial charge in [-0.2, -0.15) is 0 Å². The molecule has 0 aliphatic carbocycles. The molecule has 2 aliphatic rings. The maximum Gasteiger partial charge on any atom is 0.220 e. The third kappa shape index (κ3) is 2.63. The van der Waals surface area contributed by atoms with Crippen molar-refractivity contribution < 1.29 is 9.90 Å². The molecule has 1 amide bonds. The van der Waals surface area contributed by atoms with Gasteiger partial charge in [-0.05, 0) is 43.4 Å². The first-order valence-corrected chi connectivity index (χ1v) is 7.32. The monoisotopic (exact) mass is 275 g/mol. The first kappa shape index (κ1) is 13.4. The molecule has 5 nitrogen and oxygen atoms in total. The van der Waals surface area contributed by atoms with Crippen LogP contribution in [0.15, 0.2) is 18.3 Å². The number of pyridine rings is 1. The summed E-state index contributed by atoms with van der Waals surface area (Å²) in [5.74, 6) is 1.63. The van der Waals surface area contributed by atoms with E-state index in [-0.39, 0.29) is 5.91 Å². The van der Waals surface area contributed by atoms with Crippen molar-refractivity contribution in [3.05, 3.63) is 23.9 Å². The van der Waals surface area contributed by atoms with E-state index in [1.54, 1.807) is 13.1 Å². The zero-order valence-electron chi connectivity index (χ0n) is 11.7. The fraction of sp³-hybridized carbons (Fsp3) is 0.600. The molecule has 5 heteroatoms. The predicted molar refractivity (Wildman–Crippen MR) is 76.4 cm³/mol. The molecule has 2 fully saturated rings. The first-order valence-electron chi connectivity index (χ1n) is 7.32. The van der Waals surface area contributed by atoms with Crippen LogP contribution in [-0.4, -0.2) is 35.1 Å². The van der Waals surface area contributed by atoms with Gasteiger partial charge in [-0.3, -0.25) is 4.79 Å². The summed E-state index contributed by atoms with van der Waals surface area (Å²) in [6.07, 6.45) is 3.85. The molecule has 3 atom stereocenters. The molecule has 3 rings (SSSR count). The van der Waals surface area contributed by atoms with Crippen molar-refractivity contribution >= 4 is 11.7 Å². The van der Waals surface area contributed by atoms with Crippen LogP contribution in [-0.2, 0) is 4.79 Å². The predicted octanol–water partition coefficient (Wildman–Crippen LogP) is 1.24. The van der Waals surface area contributed by atoms with Crippen molar-refractivity contribution in [2.24, 2.45) is 5.92 Å². The van der Waals surface area contributed by atoms with E-state index in [0.29, 0.717) is 18.4 Å². The number of nitrogens with zero attached hydrogens (tertiary/aromatic N) is 2. The summed E-state index contributed by atoms with van der Waals surface area (Å²) in [5, 5.41) is 12.8. The van der Waals surface area contributed by atoms with Crippen LogP contribution in [0.2, 0.25) is 0 Å². The van der Waals surface area contributed by atoms with Gasteiger partial charge in [-0.15, -0.1) is 0 Å². The molecule has 2 unspecified atom stereocenters. The normalized spacial score (nSPS) is 27.7. The van der Waals surface area contributed by atoms with Crippen LogP contribution >= 0.6 is 0 Å². The molecular formula is C15H21N3O2. The fourth-order valence-electron chi connectivity index (χ4n) is 3.19. The van der Waals surface area contributed by atoms with Crippen molar-refractivity contribution in [1.29, 1.82) is 0 Å². The lowest BCUT2D eigenvalue weighted by molar-refractivity contribution is -0.124. The van der Waals surface area contributed by atoms with Gasteiger partial charge in [0.05, 0.1) is 6.10 Å². The van der Waals surface area contributed by atoms with E-state index in [4.69, 9.17) is 0 Å². The third-order valence-electron chi connectivity index (χ3n) is 4.40. The van der Waals surface area contributed by atoms with E-state index >= 15 is 0 Å². The Morgan fingerprint density at radius 2 is 2.35 bits per heavy atom. The van der Waals surface area contributed by atoms with Crippen LogP contribution in [0.1, 0.15) is 37.9 Å². The molecule has 0 saturated carbocycles. The lowest BCUT2D eigenvalue weighted by Crippen LogP contribution is -2.54. The molecule has 2 aliphatic heterocycles. The quantitative estimate of drug-likeness (QED) is 0.852. The number of aromatic nitrogens is 1.